The van der Waals surface area contributed by atoms with Crippen molar-refractivity contribution in [1.29, 1.82) is 0 Å². The van der Waals surface area contributed by atoms with Crippen molar-refractivity contribution in [1.82, 2.24) is 9.80 Å². The van der Waals surface area contributed by atoms with Crippen LogP contribution in [0.3, 0.4) is 0 Å². The van der Waals surface area contributed by atoms with E-state index in [4.69, 9.17) is 0 Å². The molecule has 1 amide bonds. The molecule has 2 unspecified atom stereocenters. The molecule has 2 heterocycles. The van der Waals surface area contributed by atoms with Crippen molar-refractivity contribution in [2.75, 3.05) is 20.1 Å². The number of allylic oxidation sites excluding steroid dienone is 1. The Morgan fingerprint density at radius 2 is 2.15 bits per heavy atom. The highest BCUT2D eigenvalue weighted by Gasteiger charge is 2.39. The average molecular weight is 276 g/mol. The molecule has 2 aliphatic heterocycles. The van der Waals surface area contributed by atoms with Crippen LogP contribution in [-0.2, 0) is 4.79 Å². The lowest BCUT2D eigenvalue weighted by atomic mass is 9.76. The van der Waals surface area contributed by atoms with Crippen LogP contribution in [0.15, 0.2) is 23.0 Å². The van der Waals surface area contributed by atoms with Crippen LogP contribution in [0.1, 0.15) is 47.0 Å². The van der Waals surface area contributed by atoms with E-state index in [0.29, 0.717) is 17.7 Å². The van der Waals surface area contributed by atoms with E-state index in [-0.39, 0.29) is 0 Å². The number of carbonyl (C=O) groups is 1. The van der Waals surface area contributed by atoms with Crippen LogP contribution in [0.2, 0.25) is 0 Å². The zero-order valence-electron chi connectivity index (χ0n) is 13.6. The molecule has 0 aromatic carbocycles. The Balaban J connectivity index is 2.30. The number of hydrogen-bond donors (Lipinski definition) is 0. The van der Waals surface area contributed by atoms with Gasteiger partial charge in [0, 0.05) is 37.8 Å². The normalized spacial score (nSPS) is 27.1. The molecule has 1 fully saturated rings. The standard InChI is InChI=1S/C17H28N2O/c1-6-12(3)9-18(5)16-11-19-10-15(13(16)4)14(7-2)8-17(19)20/h9,14-15H,6-8,10-11H2,1-5H3/b12-9+. The van der Waals surface area contributed by atoms with Gasteiger partial charge in [-0.2, -0.15) is 0 Å². The summed E-state index contributed by atoms with van der Waals surface area (Å²) in [5, 5.41) is 0. The molecule has 2 bridgehead atoms. The summed E-state index contributed by atoms with van der Waals surface area (Å²) in [5.74, 6) is 1.42. The number of fused-ring (bicyclic) bond motifs is 2. The first kappa shape index (κ1) is 15.1. The van der Waals surface area contributed by atoms with E-state index in [1.807, 2.05) is 4.90 Å². The van der Waals surface area contributed by atoms with Crippen LogP contribution >= 0.6 is 0 Å². The first-order valence-corrected chi connectivity index (χ1v) is 7.85. The summed E-state index contributed by atoms with van der Waals surface area (Å²) in [6.07, 6.45) is 5.12. The fourth-order valence-electron chi connectivity index (χ4n) is 3.47. The molecule has 0 radical (unpaired) electrons. The van der Waals surface area contributed by atoms with Gasteiger partial charge in [0.1, 0.15) is 0 Å². The molecule has 2 atom stereocenters. The van der Waals surface area contributed by atoms with Crippen molar-refractivity contribution >= 4 is 5.91 Å². The molecule has 0 N–H and O–H groups in total. The maximum atomic E-state index is 12.2. The molecule has 20 heavy (non-hydrogen) atoms. The van der Waals surface area contributed by atoms with Crippen LogP contribution in [0.4, 0.5) is 0 Å². The van der Waals surface area contributed by atoms with Crippen molar-refractivity contribution in [3.05, 3.63) is 23.0 Å². The van der Waals surface area contributed by atoms with E-state index >= 15 is 0 Å². The van der Waals surface area contributed by atoms with E-state index in [2.05, 4.69) is 45.8 Å². The molecule has 3 nitrogen and oxygen atoms in total. The second-order valence-electron chi connectivity index (χ2n) is 6.32. The number of amides is 1. The van der Waals surface area contributed by atoms with Crippen LogP contribution in [0.25, 0.3) is 0 Å². The second kappa shape index (κ2) is 6.02. The summed E-state index contributed by atoms with van der Waals surface area (Å²) in [7, 11) is 2.12. The zero-order chi connectivity index (χ0) is 14.9. The molecule has 1 saturated heterocycles. The summed E-state index contributed by atoms with van der Waals surface area (Å²) < 4.78 is 0. The van der Waals surface area contributed by atoms with Gasteiger partial charge in [-0.15, -0.1) is 0 Å². The minimum atomic E-state index is 0.336. The maximum Gasteiger partial charge on any atom is 0.223 e. The summed E-state index contributed by atoms with van der Waals surface area (Å²) in [5.41, 5.74) is 4.18. The van der Waals surface area contributed by atoms with Crippen LogP contribution < -0.4 is 0 Å². The lowest BCUT2D eigenvalue weighted by Crippen LogP contribution is -2.50. The van der Waals surface area contributed by atoms with Crippen molar-refractivity contribution in [2.24, 2.45) is 11.8 Å². The SMILES string of the molecule is CC/C(C)=C/N(C)C1=C(C)C2CN(C1)C(=O)CC2CC. The van der Waals surface area contributed by atoms with Crippen molar-refractivity contribution in [3.8, 4) is 0 Å². The predicted molar refractivity (Wildman–Crippen MR) is 83.0 cm³/mol. The van der Waals surface area contributed by atoms with Gasteiger partial charge in [-0.05, 0) is 31.8 Å². The molecule has 0 aromatic rings. The van der Waals surface area contributed by atoms with E-state index in [0.717, 1.165) is 32.4 Å². The van der Waals surface area contributed by atoms with E-state index in [1.54, 1.807) is 0 Å². The van der Waals surface area contributed by atoms with Crippen molar-refractivity contribution < 1.29 is 4.79 Å². The Hall–Kier alpha value is -1.25. The molecule has 0 aliphatic carbocycles. The average Bonchev–Trinajstić information content (AvgIpc) is 2.44. The highest BCUT2D eigenvalue weighted by Crippen LogP contribution is 2.38. The Labute approximate surface area is 123 Å². The first-order valence-electron chi connectivity index (χ1n) is 7.85. The topological polar surface area (TPSA) is 23.6 Å². The van der Waals surface area contributed by atoms with Gasteiger partial charge in [0.2, 0.25) is 5.91 Å². The van der Waals surface area contributed by atoms with Gasteiger partial charge in [0.15, 0.2) is 0 Å². The van der Waals surface area contributed by atoms with Gasteiger partial charge in [-0.3, -0.25) is 4.79 Å². The Morgan fingerprint density at radius 3 is 2.75 bits per heavy atom. The van der Waals surface area contributed by atoms with Crippen molar-refractivity contribution in [3.63, 3.8) is 0 Å². The lowest BCUT2D eigenvalue weighted by Gasteiger charge is -2.45. The van der Waals surface area contributed by atoms with E-state index in [9.17, 15) is 4.79 Å². The molecule has 0 saturated carbocycles. The number of piperidine rings is 1. The molecule has 3 heteroatoms. The summed E-state index contributed by atoms with van der Waals surface area (Å²) in [4.78, 5) is 16.5. The number of carbonyl (C=O) groups excluding carboxylic acids is 1. The lowest BCUT2D eigenvalue weighted by molar-refractivity contribution is -0.137. The highest BCUT2D eigenvalue weighted by molar-refractivity contribution is 5.78. The molecular weight excluding hydrogens is 248 g/mol. The highest BCUT2D eigenvalue weighted by atomic mass is 16.2. The molecular formula is C17H28N2O. The van der Waals surface area contributed by atoms with Gasteiger partial charge in [-0.1, -0.05) is 25.8 Å². The van der Waals surface area contributed by atoms with Crippen molar-refractivity contribution in [2.45, 2.75) is 47.0 Å². The van der Waals surface area contributed by atoms with Gasteiger partial charge in [0.25, 0.3) is 0 Å². The first-order chi connectivity index (χ1) is 9.47. The maximum absolute atomic E-state index is 12.2. The van der Waals surface area contributed by atoms with Crippen LogP contribution in [-0.4, -0.2) is 35.8 Å². The van der Waals surface area contributed by atoms with Gasteiger partial charge in [0.05, 0.1) is 6.54 Å². The third-order valence-corrected chi connectivity index (χ3v) is 5.05. The largest absolute Gasteiger partial charge is 0.353 e. The fraction of sp³-hybridized carbons (Fsp3) is 0.706. The Morgan fingerprint density at radius 1 is 1.45 bits per heavy atom. The van der Waals surface area contributed by atoms with Crippen LogP contribution in [0, 0.1) is 11.8 Å². The number of rotatable bonds is 4. The second-order valence-corrected chi connectivity index (χ2v) is 6.32. The fourth-order valence-corrected chi connectivity index (χ4v) is 3.47. The van der Waals surface area contributed by atoms with E-state index in [1.165, 1.54) is 16.8 Å². The number of hydrogen-bond acceptors (Lipinski definition) is 2. The molecule has 0 aromatic heterocycles. The minimum absolute atomic E-state index is 0.336. The monoisotopic (exact) mass is 276 g/mol. The number of nitrogens with zero attached hydrogens (tertiary/aromatic N) is 2. The third kappa shape index (κ3) is 2.77. The van der Waals surface area contributed by atoms with Gasteiger partial charge >= 0.3 is 0 Å². The summed E-state index contributed by atoms with van der Waals surface area (Å²) in [6, 6.07) is 0. The summed E-state index contributed by atoms with van der Waals surface area (Å²) in [6.45, 7) is 10.5. The minimum Gasteiger partial charge on any atom is -0.353 e. The molecule has 112 valence electrons. The third-order valence-electron chi connectivity index (χ3n) is 5.05. The smallest absolute Gasteiger partial charge is 0.223 e. The zero-order valence-corrected chi connectivity index (χ0v) is 13.6. The quantitative estimate of drug-likeness (QED) is 0.786. The molecule has 2 aliphatic rings. The Bertz CT molecular complexity index is 450. The van der Waals surface area contributed by atoms with Gasteiger partial charge in [-0.25, -0.2) is 0 Å². The van der Waals surface area contributed by atoms with Gasteiger partial charge < -0.3 is 9.80 Å². The summed E-state index contributed by atoms with van der Waals surface area (Å²) >= 11 is 0. The predicted octanol–water partition coefficient (Wildman–Crippen LogP) is 3.39. The number of likely N-dealkylation sites (N-methyl/N-ethyl adjacent to an activating group) is 1. The molecule has 0 spiro atoms. The van der Waals surface area contributed by atoms with E-state index < -0.39 is 0 Å². The molecule has 2 rings (SSSR count). The Kier molecular flexibility index (Phi) is 4.56. The van der Waals surface area contributed by atoms with Crippen LogP contribution in [0.5, 0.6) is 0 Å².